The summed E-state index contributed by atoms with van der Waals surface area (Å²) in [6.45, 7) is 5.85. The molecular weight excluding hydrogens is 276 g/mol. The maximum atomic E-state index is 11.8. The van der Waals surface area contributed by atoms with E-state index in [0.717, 1.165) is 5.01 Å². The summed E-state index contributed by atoms with van der Waals surface area (Å²) in [6.07, 6.45) is 0. The van der Waals surface area contributed by atoms with Gasteiger partial charge in [-0.05, 0) is 0 Å². The Morgan fingerprint density at radius 3 is 2.89 bits per heavy atom. The van der Waals surface area contributed by atoms with Gasteiger partial charge in [-0.3, -0.25) is 10.1 Å². The van der Waals surface area contributed by atoms with Gasteiger partial charge in [0.25, 0.3) is 0 Å². The normalized spacial score (nSPS) is 19.4. The number of carbonyl (C=O) groups is 1. The van der Waals surface area contributed by atoms with E-state index >= 15 is 0 Å². The number of morpholine rings is 1. The molecule has 0 bridgehead atoms. The van der Waals surface area contributed by atoms with Crippen LogP contribution in [0.2, 0.25) is 0 Å². The summed E-state index contributed by atoms with van der Waals surface area (Å²) in [4.78, 5) is 11.8. The smallest absolute Gasteiger partial charge is 0.245 e. The van der Waals surface area contributed by atoms with E-state index in [-0.39, 0.29) is 24.4 Å². The number of ether oxygens (including phenoxy) is 1. The van der Waals surface area contributed by atoms with Crippen LogP contribution in [-0.2, 0) is 9.53 Å². The van der Waals surface area contributed by atoms with Gasteiger partial charge in [0.15, 0.2) is 0 Å². The van der Waals surface area contributed by atoms with Crippen molar-refractivity contribution in [2.24, 2.45) is 0 Å². The van der Waals surface area contributed by atoms with Crippen molar-refractivity contribution in [2.75, 3.05) is 25.1 Å². The fourth-order valence-corrected chi connectivity index (χ4v) is 2.19. The van der Waals surface area contributed by atoms with E-state index in [1.807, 2.05) is 13.8 Å². The Balaban J connectivity index is 0.00000162. The third-order valence-electron chi connectivity index (χ3n) is 2.40. The highest BCUT2D eigenvalue weighted by Crippen LogP contribution is 2.22. The summed E-state index contributed by atoms with van der Waals surface area (Å²) in [6, 6.07) is -0.296. The van der Waals surface area contributed by atoms with Crippen LogP contribution in [0.3, 0.4) is 0 Å². The van der Waals surface area contributed by atoms with Crippen molar-refractivity contribution in [3.05, 3.63) is 5.01 Å². The molecule has 1 saturated heterocycles. The van der Waals surface area contributed by atoms with Crippen molar-refractivity contribution in [2.45, 2.75) is 25.8 Å². The Hall–Kier alpha value is -0.760. The number of hydrogen-bond acceptors (Lipinski definition) is 6. The van der Waals surface area contributed by atoms with E-state index in [1.165, 1.54) is 11.3 Å². The second-order valence-corrected chi connectivity index (χ2v) is 5.18. The van der Waals surface area contributed by atoms with Crippen LogP contribution in [-0.4, -0.2) is 41.9 Å². The summed E-state index contributed by atoms with van der Waals surface area (Å²) >= 11 is 1.41. The van der Waals surface area contributed by atoms with E-state index < -0.39 is 0 Å². The molecular formula is C10H17ClN4O2S. The van der Waals surface area contributed by atoms with Gasteiger partial charge in [-0.1, -0.05) is 25.2 Å². The average molecular weight is 293 g/mol. The highest BCUT2D eigenvalue weighted by atomic mass is 35.5. The molecule has 8 heteroatoms. The average Bonchev–Trinajstić information content (AvgIpc) is 2.79. The molecule has 18 heavy (non-hydrogen) atoms. The van der Waals surface area contributed by atoms with E-state index in [2.05, 4.69) is 20.8 Å². The summed E-state index contributed by atoms with van der Waals surface area (Å²) < 4.78 is 5.23. The van der Waals surface area contributed by atoms with E-state index in [1.54, 1.807) is 0 Å². The van der Waals surface area contributed by atoms with Gasteiger partial charge in [-0.15, -0.1) is 22.6 Å². The number of amides is 1. The second kappa shape index (κ2) is 6.98. The van der Waals surface area contributed by atoms with Crippen LogP contribution < -0.4 is 10.6 Å². The van der Waals surface area contributed by atoms with E-state index in [4.69, 9.17) is 4.74 Å². The van der Waals surface area contributed by atoms with Gasteiger partial charge in [0, 0.05) is 12.5 Å². The zero-order chi connectivity index (χ0) is 12.3. The van der Waals surface area contributed by atoms with Crippen molar-refractivity contribution < 1.29 is 9.53 Å². The Bertz CT molecular complexity index is 393. The second-order valence-electron chi connectivity index (χ2n) is 4.17. The first-order valence-electron chi connectivity index (χ1n) is 5.62. The fourth-order valence-electron chi connectivity index (χ4n) is 1.44. The van der Waals surface area contributed by atoms with Crippen LogP contribution in [0, 0.1) is 0 Å². The fraction of sp³-hybridized carbons (Fsp3) is 0.700. The SMILES string of the molecule is CC(C)c1nnc(NC(=O)C2COCCN2)s1.Cl. The molecule has 2 rings (SSSR count). The summed E-state index contributed by atoms with van der Waals surface area (Å²) in [5, 5.41) is 15.3. The lowest BCUT2D eigenvalue weighted by atomic mass is 10.2. The molecule has 0 spiro atoms. The molecule has 1 aromatic rings. The zero-order valence-corrected chi connectivity index (χ0v) is 11.9. The highest BCUT2D eigenvalue weighted by Gasteiger charge is 2.22. The monoisotopic (exact) mass is 292 g/mol. The minimum absolute atomic E-state index is 0. The van der Waals surface area contributed by atoms with Gasteiger partial charge in [-0.25, -0.2) is 0 Å². The molecule has 1 fully saturated rings. The number of anilines is 1. The van der Waals surface area contributed by atoms with Gasteiger partial charge < -0.3 is 10.1 Å². The molecule has 6 nitrogen and oxygen atoms in total. The molecule has 1 aliphatic rings. The number of rotatable bonds is 3. The largest absolute Gasteiger partial charge is 0.378 e. The standard InChI is InChI=1S/C10H16N4O2S.ClH/c1-6(2)9-13-14-10(17-9)12-8(15)7-5-16-4-3-11-7;/h6-7,11H,3-5H2,1-2H3,(H,12,14,15);1H. The van der Waals surface area contributed by atoms with Gasteiger partial charge in [-0.2, -0.15) is 0 Å². The van der Waals surface area contributed by atoms with Gasteiger partial charge in [0.05, 0.1) is 13.2 Å². The summed E-state index contributed by atoms with van der Waals surface area (Å²) in [5.41, 5.74) is 0. The molecule has 2 N–H and O–H groups in total. The summed E-state index contributed by atoms with van der Waals surface area (Å²) in [5.74, 6) is 0.213. The van der Waals surface area contributed by atoms with Crippen LogP contribution >= 0.6 is 23.7 Å². The molecule has 0 saturated carbocycles. The van der Waals surface area contributed by atoms with E-state index in [0.29, 0.717) is 30.8 Å². The quantitative estimate of drug-likeness (QED) is 0.869. The lowest BCUT2D eigenvalue weighted by Gasteiger charge is -2.22. The van der Waals surface area contributed by atoms with Crippen molar-refractivity contribution in [3.8, 4) is 0 Å². The lowest BCUT2D eigenvalue weighted by molar-refractivity contribution is -0.120. The molecule has 1 aromatic heterocycles. The first-order chi connectivity index (χ1) is 8.16. The minimum atomic E-state index is -0.296. The molecule has 1 atom stereocenters. The molecule has 1 aliphatic heterocycles. The topological polar surface area (TPSA) is 76.1 Å². The van der Waals surface area contributed by atoms with Gasteiger partial charge in [0.1, 0.15) is 11.0 Å². The number of carbonyl (C=O) groups excluding carboxylic acids is 1. The first kappa shape index (κ1) is 15.3. The molecule has 1 amide bonds. The molecule has 0 aromatic carbocycles. The lowest BCUT2D eigenvalue weighted by Crippen LogP contribution is -2.48. The molecule has 1 unspecified atom stereocenters. The Labute approximate surface area is 116 Å². The highest BCUT2D eigenvalue weighted by molar-refractivity contribution is 7.15. The Morgan fingerprint density at radius 1 is 1.56 bits per heavy atom. The van der Waals surface area contributed by atoms with Crippen molar-refractivity contribution in [3.63, 3.8) is 0 Å². The maximum Gasteiger partial charge on any atom is 0.245 e. The third kappa shape index (κ3) is 3.88. The molecule has 102 valence electrons. The zero-order valence-electron chi connectivity index (χ0n) is 10.3. The Kier molecular flexibility index (Phi) is 5.94. The number of hydrogen-bond donors (Lipinski definition) is 2. The van der Waals surface area contributed by atoms with Gasteiger partial charge in [0.2, 0.25) is 11.0 Å². The van der Waals surface area contributed by atoms with Crippen molar-refractivity contribution in [1.82, 2.24) is 15.5 Å². The van der Waals surface area contributed by atoms with E-state index in [9.17, 15) is 4.79 Å². The number of aromatic nitrogens is 2. The van der Waals surface area contributed by atoms with Crippen LogP contribution in [0.1, 0.15) is 24.8 Å². The predicted octanol–water partition coefficient (Wildman–Crippen LogP) is 1.01. The predicted molar refractivity (Wildman–Crippen MR) is 72.5 cm³/mol. The maximum absolute atomic E-state index is 11.8. The number of halogens is 1. The number of nitrogens with one attached hydrogen (secondary N) is 2. The minimum Gasteiger partial charge on any atom is -0.378 e. The van der Waals surface area contributed by atoms with Crippen LogP contribution in [0.4, 0.5) is 5.13 Å². The van der Waals surface area contributed by atoms with Crippen LogP contribution in [0.5, 0.6) is 0 Å². The van der Waals surface area contributed by atoms with Crippen molar-refractivity contribution >= 4 is 34.8 Å². The van der Waals surface area contributed by atoms with Crippen molar-refractivity contribution in [1.29, 1.82) is 0 Å². The third-order valence-corrected chi connectivity index (χ3v) is 3.54. The molecule has 0 radical (unpaired) electrons. The molecule has 0 aliphatic carbocycles. The van der Waals surface area contributed by atoms with Crippen LogP contribution in [0.15, 0.2) is 0 Å². The number of nitrogens with zero attached hydrogens (tertiary/aromatic N) is 2. The molecule has 2 heterocycles. The van der Waals surface area contributed by atoms with Gasteiger partial charge >= 0.3 is 0 Å². The summed E-state index contributed by atoms with van der Waals surface area (Å²) in [7, 11) is 0. The first-order valence-corrected chi connectivity index (χ1v) is 6.44. The Morgan fingerprint density at radius 2 is 2.33 bits per heavy atom. The van der Waals surface area contributed by atoms with Crippen LogP contribution in [0.25, 0.3) is 0 Å².